The zero-order chi connectivity index (χ0) is 20.0. The van der Waals surface area contributed by atoms with Crippen LogP contribution in [0.15, 0.2) is 30.3 Å². The minimum absolute atomic E-state index is 0.0371. The minimum atomic E-state index is -0.377. The first kappa shape index (κ1) is 22.0. The fourth-order valence-corrected chi connectivity index (χ4v) is 4.09. The average Bonchev–Trinajstić information content (AvgIpc) is 2.62. The van der Waals surface area contributed by atoms with Crippen LogP contribution in [0.5, 0.6) is 0 Å². The van der Waals surface area contributed by atoms with E-state index in [-0.39, 0.29) is 35.7 Å². The molecule has 2 rings (SSSR count). The van der Waals surface area contributed by atoms with Gasteiger partial charge in [-0.15, -0.1) is 0 Å². The molecule has 0 bridgehead atoms. The van der Waals surface area contributed by atoms with Gasteiger partial charge in [-0.05, 0) is 0 Å². The molecule has 4 nitrogen and oxygen atoms in total. The number of rotatable bonds is 7. The number of hydroxylamine groups is 1. The zero-order valence-electron chi connectivity index (χ0n) is 16.4. The number of carbonyl (C=O) groups is 1. The molecule has 0 aromatic heterocycles. The monoisotopic (exact) mass is 463 g/mol. The molecule has 0 amide bonds. The molecule has 1 aliphatic rings. The number of hydrogen-bond acceptors (Lipinski definition) is 3. The Morgan fingerprint density at radius 3 is 2.59 bits per heavy atom. The molecule has 152 valence electrons. The summed E-state index contributed by atoms with van der Waals surface area (Å²) < 4.78 is 2.21. The van der Waals surface area contributed by atoms with E-state index in [1.165, 1.54) is 4.74 Å². The predicted octanol–water partition coefficient (Wildman–Crippen LogP) is 3.02. The Morgan fingerprint density at radius 2 is 2.00 bits per heavy atom. The van der Waals surface area contributed by atoms with E-state index in [2.05, 4.69) is 18.7 Å². The van der Waals surface area contributed by atoms with Gasteiger partial charge in [0.15, 0.2) is 0 Å². The topological polar surface area (TPSA) is 60.5 Å². The van der Waals surface area contributed by atoms with Gasteiger partial charge in [0, 0.05) is 0 Å². The van der Waals surface area contributed by atoms with Gasteiger partial charge in [0.25, 0.3) is 0 Å². The summed E-state index contributed by atoms with van der Waals surface area (Å²) in [5, 5.41) is 20.0. The molecule has 0 saturated heterocycles. The van der Waals surface area contributed by atoms with Gasteiger partial charge in [0.1, 0.15) is 0 Å². The first-order valence-corrected chi connectivity index (χ1v) is 10.4. The second kappa shape index (κ2) is 9.78. The molecule has 3 atom stereocenters. The van der Waals surface area contributed by atoms with Gasteiger partial charge in [0.05, 0.1) is 0 Å². The normalized spacial score (nSPS) is 22.4. The number of carbonyl (C=O) groups excluding carboxylic acids is 1. The van der Waals surface area contributed by atoms with Crippen LogP contribution in [0, 0.1) is 24.2 Å². The average molecular weight is 464 g/mol. The molecule has 2 N–H and O–H groups in total. The van der Waals surface area contributed by atoms with Gasteiger partial charge in [-0.25, -0.2) is 0 Å². The van der Waals surface area contributed by atoms with E-state index in [1.54, 1.807) is 6.42 Å². The SMILES string of the molecule is CC(C)(C)/[N+](O)=C/C1CCCC(C(=O)[CH-]C(CO)Cc2ccccc2)[C]1=[Pd]. The number of nitrogens with zero attached hydrogens (tertiary/aromatic N) is 1. The number of benzene rings is 1. The van der Waals surface area contributed by atoms with Crippen LogP contribution in [-0.2, 0) is 30.0 Å². The second-order valence-electron chi connectivity index (χ2n) is 8.31. The van der Waals surface area contributed by atoms with E-state index in [0.717, 1.165) is 28.8 Å². The molecule has 0 aliphatic heterocycles. The van der Waals surface area contributed by atoms with Gasteiger partial charge in [-0.1, -0.05) is 0 Å². The van der Waals surface area contributed by atoms with Crippen molar-refractivity contribution in [3.05, 3.63) is 42.3 Å². The fraction of sp³-hybridized carbons (Fsp3) is 0.545. The number of hydrogen-bond donors (Lipinski definition) is 2. The molecule has 0 radical (unpaired) electrons. The van der Waals surface area contributed by atoms with Crippen LogP contribution in [0.4, 0.5) is 0 Å². The number of aliphatic hydroxyl groups excluding tert-OH is 1. The molecular formula is C22H31NO3Pd. The van der Waals surface area contributed by atoms with E-state index < -0.39 is 0 Å². The van der Waals surface area contributed by atoms with Crippen molar-refractivity contribution in [3.8, 4) is 0 Å². The van der Waals surface area contributed by atoms with Crippen LogP contribution < -0.4 is 0 Å². The number of Topliss-reactive ketones (excluding diaryl/α,β-unsaturated/α-hetero) is 1. The van der Waals surface area contributed by atoms with Gasteiger partial charge in [-0.3, -0.25) is 0 Å². The third-order valence-electron chi connectivity index (χ3n) is 4.98. The Kier molecular flexibility index (Phi) is 7.97. The third-order valence-corrected chi connectivity index (χ3v) is 6.10. The van der Waals surface area contributed by atoms with Crippen LogP contribution in [0.1, 0.15) is 45.6 Å². The molecule has 27 heavy (non-hydrogen) atoms. The van der Waals surface area contributed by atoms with Crippen molar-refractivity contribution in [2.75, 3.05) is 6.61 Å². The quantitative estimate of drug-likeness (QED) is 0.163. The van der Waals surface area contributed by atoms with E-state index >= 15 is 0 Å². The van der Waals surface area contributed by atoms with Crippen LogP contribution in [0.25, 0.3) is 0 Å². The van der Waals surface area contributed by atoms with E-state index in [9.17, 15) is 15.1 Å². The summed E-state index contributed by atoms with van der Waals surface area (Å²) in [4.78, 5) is 12.9. The summed E-state index contributed by atoms with van der Waals surface area (Å²) in [5.74, 6) is -0.278. The summed E-state index contributed by atoms with van der Waals surface area (Å²) in [7, 11) is 0. The zero-order valence-corrected chi connectivity index (χ0v) is 17.9. The Hall–Kier alpha value is -1.28. The summed E-state index contributed by atoms with van der Waals surface area (Å²) in [6.45, 7) is 5.78. The van der Waals surface area contributed by atoms with Gasteiger partial charge >= 0.3 is 173 Å². The van der Waals surface area contributed by atoms with Crippen molar-refractivity contribution in [2.45, 2.75) is 52.0 Å². The fourth-order valence-electron chi connectivity index (χ4n) is 3.30. The third kappa shape index (κ3) is 6.38. The summed E-state index contributed by atoms with van der Waals surface area (Å²) in [6.07, 6.45) is 6.81. The van der Waals surface area contributed by atoms with E-state index in [0.29, 0.717) is 6.42 Å². The van der Waals surface area contributed by atoms with Gasteiger partial charge in [0.2, 0.25) is 0 Å². The molecule has 1 fully saturated rings. The Labute approximate surface area is 173 Å². The number of aliphatic hydroxyl groups is 1. The molecule has 1 aromatic carbocycles. The van der Waals surface area contributed by atoms with Crippen LogP contribution in [0.2, 0.25) is 0 Å². The summed E-state index contributed by atoms with van der Waals surface area (Å²) >= 11 is 3.32. The van der Waals surface area contributed by atoms with Crippen molar-refractivity contribution >= 4 is 16.0 Å². The summed E-state index contributed by atoms with van der Waals surface area (Å²) in [5.41, 5.74) is 0.736. The van der Waals surface area contributed by atoms with Crippen LogP contribution in [-0.4, -0.2) is 43.2 Å². The Bertz CT molecular complexity index is 679. The van der Waals surface area contributed by atoms with E-state index in [4.69, 9.17) is 0 Å². The molecule has 1 aromatic rings. The van der Waals surface area contributed by atoms with Crippen molar-refractivity contribution in [1.29, 1.82) is 0 Å². The van der Waals surface area contributed by atoms with Crippen molar-refractivity contribution < 1.29 is 38.6 Å². The first-order valence-electron chi connectivity index (χ1n) is 9.58. The Morgan fingerprint density at radius 1 is 1.33 bits per heavy atom. The molecule has 0 heterocycles. The maximum absolute atomic E-state index is 12.9. The predicted molar refractivity (Wildman–Crippen MR) is 104 cm³/mol. The summed E-state index contributed by atoms with van der Waals surface area (Å²) in [6, 6.07) is 9.92. The van der Waals surface area contributed by atoms with Gasteiger partial charge < -0.3 is 0 Å². The maximum atomic E-state index is 12.9. The van der Waals surface area contributed by atoms with Crippen LogP contribution in [0.3, 0.4) is 0 Å². The first-order chi connectivity index (χ1) is 12.7. The molecule has 1 aliphatic carbocycles. The second-order valence-corrected chi connectivity index (χ2v) is 9.20. The van der Waals surface area contributed by atoms with Crippen molar-refractivity contribution in [3.63, 3.8) is 0 Å². The van der Waals surface area contributed by atoms with Crippen molar-refractivity contribution in [1.82, 2.24) is 0 Å². The molecule has 1 saturated carbocycles. The molecule has 0 spiro atoms. The van der Waals surface area contributed by atoms with Gasteiger partial charge in [-0.2, -0.15) is 0 Å². The molecule has 3 unspecified atom stereocenters. The standard InChI is InChI=1S/C22H31NO3.Pd/c1-22(2,3)23(26)15-18-10-7-11-20(13-18)21(25)14-19(16-24)12-17-8-5-4-6-9-17;/h4-6,8-9,14-15,18-20,24,26H,7,10-12,16H2,1-3H3;/b23-15-;. The van der Waals surface area contributed by atoms with Crippen LogP contribution >= 0.6 is 0 Å². The Balaban J connectivity index is 2.03. The molecule has 5 heteroatoms. The van der Waals surface area contributed by atoms with Crippen molar-refractivity contribution in [2.24, 2.45) is 17.8 Å². The number of ketones is 1. The van der Waals surface area contributed by atoms with E-state index in [1.807, 2.05) is 57.3 Å². The molecular weight excluding hydrogens is 433 g/mol.